The van der Waals surface area contributed by atoms with Gasteiger partial charge in [-0.05, 0) is 30.7 Å². The summed E-state index contributed by atoms with van der Waals surface area (Å²) in [6.45, 7) is 2.42. The van der Waals surface area contributed by atoms with Gasteiger partial charge in [-0.1, -0.05) is 42.5 Å². The Kier molecular flexibility index (Phi) is 6.30. The summed E-state index contributed by atoms with van der Waals surface area (Å²) in [5.74, 6) is -0.542. The lowest BCUT2D eigenvalue weighted by molar-refractivity contribution is 0.0527. The highest BCUT2D eigenvalue weighted by Crippen LogP contribution is 2.19. The summed E-state index contributed by atoms with van der Waals surface area (Å²) in [4.78, 5) is 32.8. The maximum Gasteiger partial charge on any atom is 0.340 e. The third kappa shape index (κ3) is 4.91. The third-order valence-corrected chi connectivity index (χ3v) is 3.85. The predicted octanol–water partition coefficient (Wildman–Crippen LogP) is 3.33. The molecule has 0 spiro atoms. The number of nitrogens with one attached hydrogen (secondary N) is 2. The SMILES string of the molecule is CCOC(=O)c1ccccc1Nc1nccc(C(=O)NCc2ccccc2)n1. The molecule has 142 valence electrons. The zero-order valence-corrected chi connectivity index (χ0v) is 15.4. The Hall–Kier alpha value is -3.74. The number of carbonyl (C=O) groups excluding carboxylic acids is 2. The molecule has 1 heterocycles. The number of hydrogen-bond donors (Lipinski definition) is 2. The van der Waals surface area contributed by atoms with Gasteiger partial charge in [0.1, 0.15) is 5.69 Å². The lowest BCUT2D eigenvalue weighted by atomic mass is 10.2. The van der Waals surface area contributed by atoms with Gasteiger partial charge in [0.25, 0.3) is 5.91 Å². The lowest BCUT2D eigenvalue weighted by Gasteiger charge is -2.11. The molecule has 0 unspecified atom stereocenters. The van der Waals surface area contributed by atoms with Crippen LogP contribution in [-0.4, -0.2) is 28.5 Å². The van der Waals surface area contributed by atoms with Crippen LogP contribution in [0.2, 0.25) is 0 Å². The molecular weight excluding hydrogens is 356 g/mol. The van der Waals surface area contributed by atoms with Crippen molar-refractivity contribution in [3.63, 3.8) is 0 Å². The minimum atomic E-state index is -0.442. The molecule has 0 radical (unpaired) electrons. The van der Waals surface area contributed by atoms with Crippen molar-refractivity contribution in [2.45, 2.75) is 13.5 Å². The van der Waals surface area contributed by atoms with Crippen molar-refractivity contribution in [2.24, 2.45) is 0 Å². The van der Waals surface area contributed by atoms with Crippen LogP contribution >= 0.6 is 0 Å². The number of rotatable bonds is 7. The van der Waals surface area contributed by atoms with Crippen LogP contribution in [0.3, 0.4) is 0 Å². The first-order valence-electron chi connectivity index (χ1n) is 8.85. The number of nitrogens with zero attached hydrogens (tertiary/aromatic N) is 2. The Morgan fingerprint density at radius 3 is 2.54 bits per heavy atom. The minimum absolute atomic E-state index is 0.212. The largest absolute Gasteiger partial charge is 0.462 e. The molecule has 7 nitrogen and oxygen atoms in total. The second-order valence-electron chi connectivity index (χ2n) is 5.82. The maximum absolute atomic E-state index is 12.4. The van der Waals surface area contributed by atoms with Crippen molar-refractivity contribution in [1.29, 1.82) is 0 Å². The lowest BCUT2D eigenvalue weighted by Crippen LogP contribution is -2.24. The monoisotopic (exact) mass is 376 g/mol. The van der Waals surface area contributed by atoms with Gasteiger partial charge in [-0.3, -0.25) is 4.79 Å². The van der Waals surface area contributed by atoms with E-state index in [0.717, 1.165) is 5.56 Å². The molecule has 1 aromatic heterocycles. The summed E-state index contributed by atoms with van der Waals surface area (Å²) in [5, 5.41) is 5.80. The molecule has 3 rings (SSSR count). The van der Waals surface area contributed by atoms with Crippen LogP contribution < -0.4 is 10.6 Å². The van der Waals surface area contributed by atoms with Crippen molar-refractivity contribution in [3.8, 4) is 0 Å². The number of ether oxygens (including phenoxy) is 1. The van der Waals surface area contributed by atoms with Crippen molar-refractivity contribution in [3.05, 3.63) is 83.7 Å². The second-order valence-corrected chi connectivity index (χ2v) is 5.82. The predicted molar refractivity (Wildman–Crippen MR) is 105 cm³/mol. The third-order valence-electron chi connectivity index (χ3n) is 3.85. The normalized spacial score (nSPS) is 10.2. The van der Waals surface area contributed by atoms with E-state index in [4.69, 9.17) is 4.74 Å². The van der Waals surface area contributed by atoms with Crippen LogP contribution in [0.15, 0.2) is 66.9 Å². The van der Waals surface area contributed by atoms with E-state index in [1.807, 2.05) is 30.3 Å². The second kappa shape index (κ2) is 9.27. The smallest absolute Gasteiger partial charge is 0.340 e. The summed E-state index contributed by atoms with van der Waals surface area (Å²) >= 11 is 0. The quantitative estimate of drug-likeness (QED) is 0.615. The number of esters is 1. The molecule has 2 aromatic carbocycles. The van der Waals surface area contributed by atoms with Crippen molar-refractivity contribution in [2.75, 3.05) is 11.9 Å². The van der Waals surface area contributed by atoms with E-state index >= 15 is 0 Å². The highest BCUT2D eigenvalue weighted by Gasteiger charge is 2.14. The topological polar surface area (TPSA) is 93.2 Å². The summed E-state index contributed by atoms with van der Waals surface area (Å²) in [6, 6.07) is 18.0. The summed E-state index contributed by atoms with van der Waals surface area (Å²) < 4.78 is 5.06. The number of carbonyl (C=O) groups is 2. The van der Waals surface area contributed by atoms with Gasteiger partial charge in [0.2, 0.25) is 5.95 Å². The molecule has 0 saturated carbocycles. The van der Waals surface area contributed by atoms with Gasteiger partial charge in [-0.25, -0.2) is 14.8 Å². The van der Waals surface area contributed by atoms with Gasteiger partial charge in [0.15, 0.2) is 0 Å². The Morgan fingerprint density at radius 2 is 1.75 bits per heavy atom. The molecule has 3 aromatic rings. The van der Waals surface area contributed by atoms with Crippen LogP contribution in [0.25, 0.3) is 0 Å². The van der Waals surface area contributed by atoms with Crippen LogP contribution in [0.1, 0.15) is 33.3 Å². The highest BCUT2D eigenvalue weighted by molar-refractivity contribution is 5.96. The van der Waals surface area contributed by atoms with E-state index in [1.165, 1.54) is 12.3 Å². The van der Waals surface area contributed by atoms with Crippen LogP contribution in [0.4, 0.5) is 11.6 Å². The number of para-hydroxylation sites is 1. The molecule has 0 aliphatic heterocycles. The minimum Gasteiger partial charge on any atom is -0.462 e. The zero-order valence-electron chi connectivity index (χ0n) is 15.4. The maximum atomic E-state index is 12.4. The van der Waals surface area contributed by atoms with E-state index in [0.29, 0.717) is 17.8 Å². The summed E-state index contributed by atoms with van der Waals surface area (Å²) in [5.41, 5.74) is 2.09. The molecule has 1 amide bonds. The fourth-order valence-corrected chi connectivity index (χ4v) is 2.51. The van der Waals surface area contributed by atoms with Crippen molar-refractivity contribution in [1.82, 2.24) is 15.3 Å². The number of aromatic nitrogens is 2. The van der Waals surface area contributed by atoms with Gasteiger partial charge in [0.05, 0.1) is 17.9 Å². The van der Waals surface area contributed by atoms with Crippen LogP contribution in [0, 0.1) is 0 Å². The molecule has 28 heavy (non-hydrogen) atoms. The van der Waals surface area contributed by atoms with E-state index < -0.39 is 5.97 Å². The van der Waals surface area contributed by atoms with E-state index in [2.05, 4.69) is 20.6 Å². The van der Waals surface area contributed by atoms with Crippen LogP contribution in [-0.2, 0) is 11.3 Å². The molecular formula is C21H20N4O3. The Morgan fingerprint density at radius 1 is 1.00 bits per heavy atom. The fourth-order valence-electron chi connectivity index (χ4n) is 2.51. The number of hydrogen-bond acceptors (Lipinski definition) is 6. The van der Waals surface area contributed by atoms with Gasteiger partial charge in [-0.15, -0.1) is 0 Å². The van der Waals surface area contributed by atoms with Crippen LogP contribution in [0.5, 0.6) is 0 Å². The molecule has 0 bridgehead atoms. The molecule has 7 heteroatoms. The average Bonchev–Trinajstić information content (AvgIpc) is 2.73. The zero-order chi connectivity index (χ0) is 19.8. The first kappa shape index (κ1) is 19.0. The van der Waals surface area contributed by atoms with Gasteiger partial charge < -0.3 is 15.4 Å². The number of anilines is 2. The van der Waals surface area contributed by atoms with Crippen molar-refractivity contribution >= 4 is 23.5 Å². The van der Waals surface area contributed by atoms with Gasteiger partial charge in [0, 0.05) is 12.7 Å². The molecule has 0 fully saturated rings. The number of benzene rings is 2. The average molecular weight is 376 g/mol. The number of amides is 1. The Labute approximate surface area is 162 Å². The Balaban J connectivity index is 1.72. The summed E-state index contributed by atoms with van der Waals surface area (Å²) in [6.07, 6.45) is 1.49. The van der Waals surface area contributed by atoms with Gasteiger partial charge in [-0.2, -0.15) is 0 Å². The molecule has 0 saturated heterocycles. The molecule has 0 atom stereocenters. The first-order valence-corrected chi connectivity index (χ1v) is 8.85. The standard InChI is InChI=1S/C21H20N4O3/c1-2-28-20(27)16-10-6-7-11-17(16)24-21-22-13-12-18(25-21)19(26)23-14-15-8-4-3-5-9-15/h3-13H,2,14H2,1H3,(H,23,26)(H,22,24,25). The van der Waals surface area contributed by atoms with Gasteiger partial charge >= 0.3 is 5.97 Å². The van der Waals surface area contributed by atoms with E-state index in [-0.39, 0.29) is 24.2 Å². The summed E-state index contributed by atoms with van der Waals surface area (Å²) in [7, 11) is 0. The van der Waals surface area contributed by atoms with E-state index in [9.17, 15) is 9.59 Å². The highest BCUT2D eigenvalue weighted by atomic mass is 16.5. The molecule has 2 N–H and O–H groups in total. The van der Waals surface area contributed by atoms with Crippen molar-refractivity contribution < 1.29 is 14.3 Å². The molecule has 0 aliphatic carbocycles. The first-order chi connectivity index (χ1) is 13.7. The Bertz CT molecular complexity index is 961. The molecule has 0 aliphatic rings. The van der Waals surface area contributed by atoms with E-state index in [1.54, 1.807) is 31.2 Å². The fraction of sp³-hybridized carbons (Fsp3) is 0.143.